The van der Waals surface area contributed by atoms with Crippen molar-refractivity contribution < 1.29 is 14.3 Å². The molecule has 1 saturated carbocycles. The van der Waals surface area contributed by atoms with E-state index in [1.54, 1.807) is 11.3 Å². The Morgan fingerprint density at radius 1 is 1.20 bits per heavy atom. The molecule has 0 radical (unpaired) electrons. The van der Waals surface area contributed by atoms with Crippen molar-refractivity contribution in [3.8, 4) is 0 Å². The fourth-order valence-electron chi connectivity index (χ4n) is 4.54. The van der Waals surface area contributed by atoms with E-state index in [9.17, 15) is 14.4 Å². The van der Waals surface area contributed by atoms with Gasteiger partial charge in [0.2, 0.25) is 0 Å². The van der Waals surface area contributed by atoms with Crippen molar-refractivity contribution in [2.45, 2.75) is 77.2 Å². The largest absolute Gasteiger partial charge is 0.456 e. The lowest BCUT2D eigenvalue weighted by Crippen LogP contribution is -2.42. The first-order chi connectivity index (χ1) is 14.5. The van der Waals surface area contributed by atoms with Crippen LogP contribution in [0, 0.1) is 5.92 Å². The molecule has 162 valence electrons. The first-order valence-electron chi connectivity index (χ1n) is 11.0. The molecule has 2 aromatic heterocycles. The predicted molar refractivity (Wildman–Crippen MR) is 116 cm³/mol. The molecular formula is C22H29N3O4S. The van der Waals surface area contributed by atoms with Crippen LogP contribution in [0.25, 0.3) is 10.2 Å². The predicted octanol–water partition coefficient (Wildman–Crippen LogP) is 3.03. The molecule has 2 N–H and O–H groups in total. The summed E-state index contributed by atoms with van der Waals surface area (Å²) in [6.07, 6.45) is 9.01. The van der Waals surface area contributed by atoms with E-state index in [1.165, 1.54) is 11.3 Å². The van der Waals surface area contributed by atoms with Crippen LogP contribution in [-0.2, 0) is 33.6 Å². The first kappa shape index (κ1) is 21.0. The number of hydrogen-bond donors (Lipinski definition) is 2. The Bertz CT molecular complexity index is 996. The van der Waals surface area contributed by atoms with Gasteiger partial charge in [-0.2, -0.15) is 0 Å². The molecule has 0 saturated heterocycles. The molecule has 2 aliphatic rings. The van der Waals surface area contributed by atoms with E-state index in [2.05, 4.69) is 22.2 Å². The molecule has 7 nitrogen and oxygen atoms in total. The van der Waals surface area contributed by atoms with Gasteiger partial charge in [-0.05, 0) is 50.0 Å². The summed E-state index contributed by atoms with van der Waals surface area (Å²) in [6, 6.07) is 0.169. The van der Waals surface area contributed by atoms with E-state index < -0.39 is 5.97 Å². The number of aromatic nitrogens is 2. The third-order valence-electron chi connectivity index (χ3n) is 6.26. The van der Waals surface area contributed by atoms with Gasteiger partial charge in [-0.15, -0.1) is 11.3 Å². The van der Waals surface area contributed by atoms with E-state index in [-0.39, 0.29) is 37.0 Å². The number of nitrogens with one attached hydrogen (secondary N) is 2. The normalized spacial score (nSPS) is 21.2. The quantitative estimate of drug-likeness (QED) is 0.685. The zero-order chi connectivity index (χ0) is 21.1. The minimum absolute atomic E-state index is 0.0760. The molecule has 2 heterocycles. The molecule has 8 heteroatoms. The number of carbonyl (C=O) groups is 2. The Labute approximate surface area is 179 Å². The average Bonchev–Trinajstić information content (AvgIpc) is 3.11. The topological polar surface area (TPSA) is 101 Å². The van der Waals surface area contributed by atoms with Crippen molar-refractivity contribution >= 4 is 33.4 Å². The standard InChI is InChI=1S/C22H29N3O4S/c1-13-6-2-4-8-15(13)23-18(26)12-29-19(27)11-10-17-24-21(28)20-14-7-3-5-9-16(14)30-22(20)25-17/h13,15H,2-12H2,1H3,(H,23,26)(H,24,25,28)/t13-,15-/m1/s1. The number of ether oxygens (including phenoxy) is 1. The zero-order valence-electron chi connectivity index (χ0n) is 17.4. The third kappa shape index (κ3) is 4.74. The van der Waals surface area contributed by atoms with Gasteiger partial charge >= 0.3 is 5.97 Å². The van der Waals surface area contributed by atoms with Crippen LogP contribution >= 0.6 is 11.3 Å². The van der Waals surface area contributed by atoms with Gasteiger partial charge in [-0.25, -0.2) is 4.98 Å². The lowest BCUT2D eigenvalue weighted by atomic mass is 9.86. The summed E-state index contributed by atoms with van der Waals surface area (Å²) < 4.78 is 5.12. The van der Waals surface area contributed by atoms with Crippen molar-refractivity contribution in [2.24, 2.45) is 5.92 Å². The van der Waals surface area contributed by atoms with Crippen LogP contribution in [0.5, 0.6) is 0 Å². The van der Waals surface area contributed by atoms with Crippen LogP contribution in [0.15, 0.2) is 4.79 Å². The summed E-state index contributed by atoms with van der Waals surface area (Å²) >= 11 is 1.59. The second kappa shape index (κ2) is 9.29. The van der Waals surface area contributed by atoms with Gasteiger partial charge in [0.05, 0.1) is 11.8 Å². The number of nitrogens with zero attached hydrogens (tertiary/aromatic N) is 1. The van der Waals surface area contributed by atoms with Crippen LogP contribution in [0.3, 0.4) is 0 Å². The van der Waals surface area contributed by atoms with Crippen molar-refractivity contribution in [3.05, 3.63) is 26.6 Å². The molecule has 0 bridgehead atoms. The summed E-state index contributed by atoms with van der Waals surface area (Å²) in [5, 5.41) is 3.69. The highest BCUT2D eigenvalue weighted by Gasteiger charge is 2.23. The summed E-state index contributed by atoms with van der Waals surface area (Å²) in [6.45, 7) is 1.88. The van der Waals surface area contributed by atoms with Crippen LogP contribution in [0.1, 0.15) is 68.1 Å². The number of aromatic amines is 1. The summed E-state index contributed by atoms with van der Waals surface area (Å²) in [5.74, 6) is 0.233. The lowest BCUT2D eigenvalue weighted by Gasteiger charge is -2.29. The molecule has 4 rings (SSSR count). The highest BCUT2D eigenvalue weighted by Crippen LogP contribution is 2.33. The third-order valence-corrected chi connectivity index (χ3v) is 7.45. The minimum Gasteiger partial charge on any atom is -0.456 e. The lowest BCUT2D eigenvalue weighted by molar-refractivity contribution is -0.148. The molecule has 0 aromatic carbocycles. The Balaban J connectivity index is 1.29. The molecule has 0 unspecified atom stereocenters. The van der Waals surface area contributed by atoms with Gasteiger partial charge < -0.3 is 15.0 Å². The molecule has 0 aliphatic heterocycles. The average molecular weight is 432 g/mol. The Morgan fingerprint density at radius 3 is 2.83 bits per heavy atom. The molecule has 1 fully saturated rings. The number of thiophene rings is 1. The van der Waals surface area contributed by atoms with Crippen LogP contribution in [0.4, 0.5) is 0 Å². The minimum atomic E-state index is -0.463. The van der Waals surface area contributed by atoms with Crippen molar-refractivity contribution in [2.75, 3.05) is 6.61 Å². The van der Waals surface area contributed by atoms with Crippen LogP contribution in [-0.4, -0.2) is 34.5 Å². The maximum absolute atomic E-state index is 12.5. The number of aryl methyl sites for hydroxylation is 3. The van der Waals surface area contributed by atoms with E-state index in [4.69, 9.17) is 4.74 Å². The maximum Gasteiger partial charge on any atom is 0.306 e. The number of fused-ring (bicyclic) bond motifs is 3. The SMILES string of the molecule is C[C@@H]1CCCC[C@H]1NC(=O)COC(=O)CCc1nc2sc3c(c2c(=O)[nH]1)CCCC3. The molecule has 1 amide bonds. The Morgan fingerprint density at radius 2 is 2.00 bits per heavy atom. The van der Waals surface area contributed by atoms with Crippen molar-refractivity contribution in [1.82, 2.24) is 15.3 Å². The first-order valence-corrected chi connectivity index (χ1v) is 11.8. The van der Waals surface area contributed by atoms with E-state index in [0.29, 0.717) is 11.7 Å². The summed E-state index contributed by atoms with van der Waals surface area (Å²) in [7, 11) is 0. The second-order valence-corrected chi connectivity index (χ2v) is 9.58. The second-order valence-electron chi connectivity index (χ2n) is 8.50. The number of esters is 1. The molecule has 30 heavy (non-hydrogen) atoms. The number of rotatable bonds is 6. The van der Waals surface area contributed by atoms with E-state index in [1.807, 2.05) is 0 Å². The number of amides is 1. The Kier molecular flexibility index (Phi) is 6.51. The van der Waals surface area contributed by atoms with Gasteiger partial charge in [0.1, 0.15) is 10.7 Å². The zero-order valence-corrected chi connectivity index (χ0v) is 18.2. The van der Waals surface area contributed by atoms with Gasteiger partial charge in [-0.1, -0.05) is 19.8 Å². The maximum atomic E-state index is 12.5. The van der Waals surface area contributed by atoms with Crippen LogP contribution < -0.4 is 10.9 Å². The van der Waals surface area contributed by atoms with Gasteiger partial charge in [0.25, 0.3) is 11.5 Å². The number of carbonyl (C=O) groups excluding carboxylic acids is 2. The number of H-pyrrole nitrogens is 1. The Hall–Kier alpha value is -2.22. The molecule has 2 aromatic rings. The van der Waals surface area contributed by atoms with Gasteiger partial charge in [-0.3, -0.25) is 14.4 Å². The van der Waals surface area contributed by atoms with Crippen LogP contribution in [0.2, 0.25) is 0 Å². The summed E-state index contributed by atoms with van der Waals surface area (Å²) in [4.78, 5) is 46.1. The molecule has 2 aliphatic carbocycles. The highest BCUT2D eigenvalue weighted by atomic mass is 32.1. The molecular weight excluding hydrogens is 402 g/mol. The monoisotopic (exact) mass is 431 g/mol. The van der Waals surface area contributed by atoms with Crippen molar-refractivity contribution in [3.63, 3.8) is 0 Å². The van der Waals surface area contributed by atoms with Crippen molar-refractivity contribution in [1.29, 1.82) is 0 Å². The fraction of sp³-hybridized carbons (Fsp3) is 0.636. The van der Waals surface area contributed by atoms with E-state index >= 15 is 0 Å². The smallest absolute Gasteiger partial charge is 0.306 e. The highest BCUT2D eigenvalue weighted by molar-refractivity contribution is 7.18. The fourth-order valence-corrected chi connectivity index (χ4v) is 5.83. The van der Waals surface area contributed by atoms with Gasteiger partial charge in [0, 0.05) is 17.3 Å². The van der Waals surface area contributed by atoms with E-state index in [0.717, 1.165) is 60.7 Å². The molecule has 2 atom stereocenters. The summed E-state index contributed by atoms with van der Waals surface area (Å²) in [5.41, 5.74) is 1.03. The number of hydrogen-bond acceptors (Lipinski definition) is 6. The van der Waals surface area contributed by atoms with Gasteiger partial charge in [0.15, 0.2) is 6.61 Å². The molecule has 0 spiro atoms.